The lowest BCUT2D eigenvalue weighted by atomic mass is 9.91. The minimum Gasteiger partial charge on any atom is -0.258 e. The van der Waals surface area contributed by atoms with Crippen LogP contribution in [0.1, 0.15) is 32.1 Å². The zero-order valence-electron chi connectivity index (χ0n) is 7.12. The van der Waals surface area contributed by atoms with Gasteiger partial charge in [0.1, 0.15) is 0 Å². The van der Waals surface area contributed by atoms with Gasteiger partial charge in [-0.05, 0) is 18.8 Å². The van der Waals surface area contributed by atoms with Crippen molar-refractivity contribution in [2.24, 2.45) is 11.8 Å². The summed E-state index contributed by atoms with van der Waals surface area (Å²) in [6.07, 6.45) is 5.62. The van der Waals surface area contributed by atoms with Crippen molar-refractivity contribution >= 4 is 10.0 Å². The fourth-order valence-electron chi connectivity index (χ4n) is 1.71. The quantitative estimate of drug-likeness (QED) is 0.501. The van der Waals surface area contributed by atoms with E-state index >= 15 is 0 Å². The Labute approximate surface area is 73.5 Å². The van der Waals surface area contributed by atoms with Gasteiger partial charge in [0.15, 0.2) is 0 Å². The molecule has 0 saturated heterocycles. The second kappa shape index (κ2) is 4.20. The van der Waals surface area contributed by atoms with Crippen LogP contribution in [0.2, 0.25) is 0 Å². The number of hydrogen-bond donors (Lipinski definition) is 2. The van der Waals surface area contributed by atoms with E-state index in [0.717, 1.165) is 25.7 Å². The molecule has 1 aliphatic carbocycles. The molecule has 0 aromatic carbocycles. The third-order valence-corrected chi connectivity index (χ3v) is 3.63. The Bertz CT molecular complexity index is 220. The van der Waals surface area contributed by atoms with Crippen molar-refractivity contribution in [1.82, 2.24) is 4.83 Å². The van der Waals surface area contributed by atoms with Crippen LogP contribution in [0, 0.1) is 5.92 Å². The molecule has 3 N–H and O–H groups in total. The van der Waals surface area contributed by atoms with Gasteiger partial charge in [0.2, 0.25) is 10.0 Å². The van der Waals surface area contributed by atoms with Crippen LogP contribution < -0.4 is 10.7 Å². The Kier molecular flexibility index (Phi) is 3.49. The van der Waals surface area contributed by atoms with E-state index in [-0.39, 0.29) is 5.75 Å². The Balaban J connectivity index is 2.39. The largest absolute Gasteiger partial charge is 0.258 e. The zero-order chi connectivity index (χ0) is 9.03. The predicted octanol–water partition coefficient (Wildman–Crippen LogP) is 0.360. The van der Waals surface area contributed by atoms with Gasteiger partial charge in [0.25, 0.3) is 0 Å². The summed E-state index contributed by atoms with van der Waals surface area (Å²) in [6.45, 7) is 0. The number of nitrogens with two attached hydrogens (primary N) is 1. The number of sulfonamides is 1. The highest BCUT2D eigenvalue weighted by Gasteiger charge is 2.19. The highest BCUT2D eigenvalue weighted by atomic mass is 32.2. The molecule has 0 bridgehead atoms. The monoisotopic (exact) mass is 192 g/mol. The number of hydrogen-bond acceptors (Lipinski definition) is 3. The summed E-state index contributed by atoms with van der Waals surface area (Å²) < 4.78 is 22.1. The third kappa shape index (κ3) is 3.08. The number of hydrazine groups is 1. The van der Waals surface area contributed by atoms with Gasteiger partial charge in [-0.1, -0.05) is 19.3 Å². The van der Waals surface area contributed by atoms with Gasteiger partial charge < -0.3 is 0 Å². The van der Waals surface area contributed by atoms with E-state index in [1.807, 2.05) is 4.83 Å². The molecule has 0 radical (unpaired) electrons. The molecule has 0 aliphatic heterocycles. The molecular weight excluding hydrogens is 176 g/mol. The van der Waals surface area contributed by atoms with Crippen molar-refractivity contribution < 1.29 is 8.42 Å². The average Bonchev–Trinajstić information content (AvgIpc) is 2.06. The first-order valence-electron chi connectivity index (χ1n) is 4.34. The van der Waals surface area contributed by atoms with Crippen LogP contribution >= 0.6 is 0 Å². The summed E-state index contributed by atoms with van der Waals surface area (Å²) in [4.78, 5) is 1.86. The molecule has 5 heteroatoms. The highest BCUT2D eigenvalue weighted by Crippen LogP contribution is 2.24. The second-order valence-electron chi connectivity index (χ2n) is 3.40. The summed E-state index contributed by atoms with van der Waals surface area (Å²) in [5.74, 6) is 5.40. The molecule has 0 unspecified atom stereocenters. The van der Waals surface area contributed by atoms with Crippen LogP contribution in [-0.2, 0) is 10.0 Å². The second-order valence-corrected chi connectivity index (χ2v) is 5.20. The third-order valence-electron chi connectivity index (χ3n) is 2.36. The van der Waals surface area contributed by atoms with E-state index in [1.165, 1.54) is 6.42 Å². The summed E-state index contributed by atoms with van der Waals surface area (Å²) in [6, 6.07) is 0. The van der Waals surface area contributed by atoms with Crippen molar-refractivity contribution in [1.29, 1.82) is 0 Å². The van der Waals surface area contributed by atoms with Crippen LogP contribution in [0.3, 0.4) is 0 Å². The molecule has 0 aromatic heterocycles. The molecule has 12 heavy (non-hydrogen) atoms. The van der Waals surface area contributed by atoms with Crippen molar-refractivity contribution in [3.05, 3.63) is 0 Å². The fraction of sp³-hybridized carbons (Fsp3) is 1.00. The minimum atomic E-state index is -3.19. The van der Waals surface area contributed by atoms with Gasteiger partial charge in [-0.15, -0.1) is 0 Å². The smallest absolute Gasteiger partial charge is 0.224 e. The van der Waals surface area contributed by atoms with Crippen LogP contribution in [0.5, 0.6) is 0 Å². The first kappa shape index (κ1) is 9.95. The number of rotatable bonds is 3. The van der Waals surface area contributed by atoms with Crippen LogP contribution in [0.15, 0.2) is 0 Å². The normalized spacial score (nSPS) is 21.1. The van der Waals surface area contributed by atoms with Crippen molar-refractivity contribution in [3.8, 4) is 0 Å². The van der Waals surface area contributed by atoms with Crippen molar-refractivity contribution in [2.45, 2.75) is 32.1 Å². The molecule has 4 nitrogen and oxygen atoms in total. The summed E-state index contributed by atoms with van der Waals surface area (Å²) >= 11 is 0. The van der Waals surface area contributed by atoms with E-state index in [2.05, 4.69) is 0 Å². The van der Waals surface area contributed by atoms with E-state index < -0.39 is 10.0 Å². The highest BCUT2D eigenvalue weighted by molar-refractivity contribution is 7.89. The lowest BCUT2D eigenvalue weighted by Crippen LogP contribution is -2.35. The Morgan fingerprint density at radius 2 is 1.83 bits per heavy atom. The maximum atomic E-state index is 11.0. The maximum Gasteiger partial charge on any atom is 0.224 e. The first-order valence-corrected chi connectivity index (χ1v) is 5.99. The summed E-state index contributed by atoms with van der Waals surface area (Å²) in [5, 5.41) is 0. The Hall–Kier alpha value is -0.130. The summed E-state index contributed by atoms with van der Waals surface area (Å²) in [5.41, 5.74) is 0. The lowest BCUT2D eigenvalue weighted by Gasteiger charge is -2.20. The van der Waals surface area contributed by atoms with Gasteiger partial charge in [0.05, 0.1) is 5.75 Å². The molecule has 0 aromatic rings. The van der Waals surface area contributed by atoms with Crippen molar-refractivity contribution in [2.75, 3.05) is 5.75 Å². The molecule has 1 rings (SSSR count). The van der Waals surface area contributed by atoms with Gasteiger partial charge in [-0.2, -0.15) is 4.83 Å². The SMILES string of the molecule is NNS(=O)(=O)CC1CCCCC1. The zero-order valence-corrected chi connectivity index (χ0v) is 7.94. The number of nitrogens with one attached hydrogen (secondary N) is 1. The Morgan fingerprint density at radius 1 is 1.25 bits per heavy atom. The van der Waals surface area contributed by atoms with E-state index in [9.17, 15) is 8.42 Å². The maximum absolute atomic E-state index is 11.0. The van der Waals surface area contributed by atoms with Crippen LogP contribution in [0.25, 0.3) is 0 Å². The van der Waals surface area contributed by atoms with Crippen molar-refractivity contribution in [3.63, 3.8) is 0 Å². The molecule has 1 saturated carbocycles. The van der Waals surface area contributed by atoms with E-state index in [0.29, 0.717) is 5.92 Å². The standard InChI is InChI=1S/C7H16N2O2S/c8-9-12(10,11)6-7-4-2-1-3-5-7/h7,9H,1-6,8H2. The van der Waals surface area contributed by atoms with Gasteiger partial charge >= 0.3 is 0 Å². The molecule has 1 aliphatic rings. The van der Waals surface area contributed by atoms with Gasteiger partial charge in [0, 0.05) is 0 Å². The van der Waals surface area contributed by atoms with E-state index in [4.69, 9.17) is 5.84 Å². The molecule has 0 spiro atoms. The predicted molar refractivity (Wildman–Crippen MR) is 47.7 cm³/mol. The first-order chi connectivity index (χ1) is 5.64. The molecule has 0 heterocycles. The minimum absolute atomic E-state index is 0.198. The lowest BCUT2D eigenvalue weighted by molar-refractivity contribution is 0.384. The topological polar surface area (TPSA) is 72.2 Å². The molecule has 0 atom stereocenters. The Morgan fingerprint density at radius 3 is 2.33 bits per heavy atom. The van der Waals surface area contributed by atoms with E-state index in [1.54, 1.807) is 0 Å². The summed E-state index contributed by atoms with van der Waals surface area (Å²) in [7, 11) is -3.19. The van der Waals surface area contributed by atoms with Crippen LogP contribution in [-0.4, -0.2) is 14.2 Å². The van der Waals surface area contributed by atoms with Crippen LogP contribution in [0.4, 0.5) is 0 Å². The molecule has 72 valence electrons. The molecule has 0 amide bonds. The average molecular weight is 192 g/mol. The van der Waals surface area contributed by atoms with Gasteiger partial charge in [-0.25, -0.2) is 8.42 Å². The molecule has 1 fully saturated rings. The fourth-order valence-corrected chi connectivity index (χ4v) is 2.76. The van der Waals surface area contributed by atoms with Gasteiger partial charge in [-0.3, -0.25) is 5.84 Å². The molecular formula is C7H16N2O2S.